The van der Waals surface area contributed by atoms with Crippen molar-refractivity contribution in [2.75, 3.05) is 5.32 Å². The molecule has 0 saturated carbocycles. The molecule has 37 heavy (non-hydrogen) atoms. The molecule has 5 nitrogen and oxygen atoms in total. The van der Waals surface area contributed by atoms with Crippen LogP contribution in [0.1, 0.15) is 11.1 Å². The maximum Gasteiger partial charge on any atom is 0.411 e. The first kappa shape index (κ1) is 24.0. The molecule has 0 spiro atoms. The molecular formula is C32H26N2O3. The largest absolute Gasteiger partial charge is 0.444 e. The summed E-state index contributed by atoms with van der Waals surface area (Å²) in [7, 11) is 0. The second kappa shape index (κ2) is 11.3. The number of aromatic nitrogens is 1. The Bertz CT molecular complexity index is 1660. The minimum absolute atomic E-state index is 0.112. The summed E-state index contributed by atoms with van der Waals surface area (Å²) in [5, 5.41) is 18.3. The van der Waals surface area contributed by atoms with Crippen molar-refractivity contribution in [1.29, 1.82) is 0 Å². The predicted molar refractivity (Wildman–Crippen MR) is 149 cm³/mol. The van der Waals surface area contributed by atoms with E-state index < -0.39 is 6.09 Å². The van der Waals surface area contributed by atoms with Crippen LogP contribution in [0.15, 0.2) is 122 Å². The highest BCUT2D eigenvalue weighted by molar-refractivity contribution is 5.99. The van der Waals surface area contributed by atoms with Gasteiger partial charge in [0.25, 0.3) is 0 Å². The highest BCUT2D eigenvalue weighted by Crippen LogP contribution is 2.23. The summed E-state index contributed by atoms with van der Waals surface area (Å²) in [6.45, 7) is 0.334. The Labute approximate surface area is 215 Å². The van der Waals surface area contributed by atoms with Gasteiger partial charge in [0.2, 0.25) is 0 Å². The first-order valence-corrected chi connectivity index (χ1v) is 12.0. The van der Waals surface area contributed by atoms with Gasteiger partial charge in [0.1, 0.15) is 6.61 Å². The van der Waals surface area contributed by atoms with Gasteiger partial charge in [-0.25, -0.2) is 4.79 Å². The number of hydrogen-bond donors (Lipinski definition) is 2. The van der Waals surface area contributed by atoms with Crippen molar-refractivity contribution in [2.24, 2.45) is 0 Å². The van der Waals surface area contributed by atoms with Crippen molar-refractivity contribution < 1.29 is 14.6 Å². The van der Waals surface area contributed by atoms with Crippen molar-refractivity contribution in [2.45, 2.75) is 13.2 Å². The number of amides is 1. The van der Waals surface area contributed by atoms with Crippen LogP contribution < -0.4 is 5.32 Å². The zero-order valence-corrected chi connectivity index (χ0v) is 20.2. The second-order valence-electron chi connectivity index (χ2n) is 8.54. The number of nitrogens with zero attached hydrogens (tertiary/aromatic N) is 1. The van der Waals surface area contributed by atoms with Gasteiger partial charge in [-0.05, 0) is 44.8 Å². The highest BCUT2D eigenvalue weighted by atomic mass is 16.5. The fourth-order valence-corrected chi connectivity index (χ4v) is 4.37. The molecule has 0 atom stereocenters. The number of hydrogen-bond acceptors (Lipinski definition) is 4. The zero-order valence-electron chi connectivity index (χ0n) is 20.2. The number of fused-ring (bicyclic) bond motifs is 3. The molecule has 2 N–H and O–H groups in total. The average molecular weight is 487 g/mol. The van der Waals surface area contributed by atoms with Gasteiger partial charge in [0.05, 0.1) is 12.3 Å². The number of aliphatic hydroxyl groups is 1. The molecule has 0 fully saturated rings. The molecule has 0 radical (unpaired) electrons. The van der Waals surface area contributed by atoms with Crippen molar-refractivity contribution in [1.82, 2.24) is 4.98 Å². The third-order valence-corrected chi connectivity index (χ3v) is 6.21. The number of aliphatic hydroxyl groups excluding tert-OH is 1. The molecule has 1 aromatic heterocycles. The molecule has 0 unspecified atom stereocenters. The quantitative estimate of drug-likeness (QED) is 0.271. The molecule has 6 aromatic rings. The van der Waals surface area contributed by atoms with Crippen LogP contribution in [0.5, 0.6) is 0 Å². The van der Waals surface area contributed by atoms with Crippen LogP contribution in [-0.4, -0.2) is 16.2 Å². The summed E-state index contributed by atoms with van der Waals surface area (Å²) >= 11 is 0. The van der Waals surface area contributed by atoms with E-state index in [1.807, 2.05) is 97.1 Å². The van der Waals surface area contributed by atoms with Crippen LogP contribution in [0.25, 0.3) is 32.3 Å². The van der Waals surface area contributed by atoms with E-state index in [0.29, 0.717) is 5.69 Å². The molecule has 0 aliphatic heterocycles. The van der Waals surface area contributed by atoms with Crippen molar-refractivity contribution in [3.8, 4) is 0 Å². The van der Waals surface area contributed by atoms with Gasteiger partial charge in [0, 0.05) is 23.2 Å². The molecule has 5 heteroatoms. The van der Waals surface area contributed by atoms with Crippen LogP contribution in [0, 0.1) is 0 Å². The van der Waals surface area contributed by atoms with Crippen LogP contribution in [0.4, 0.5) is 10.5 Å². The molecule has 5 aromatic carbocycles. The Morgan fingerprint density at radius 3 is 2.00 bits per heavy atom. The maximum atomic E-state index is 12.2. The Morgan fingerprint density at radius 1 is 0.676 bits per heavy atom. The van der Waals surface area contributed by atoms with E-state index in [1.165, 1.54) is 5.39 Å². The Balaban J connectivity index is 0.000000195. The van der Waals surface area contributed by atoms with Gasteiger partial charge in [-0.15, -0.1) is 0 Å². The summed E-state index contributed by atoms with van der Waals surface area (Å²) in [5.74, 6) is 0. The van der Waals surface area contributed by atoms with E-state index in [2.05, 4.69) is 22.4 Å². The lowest BCUT2D eigenvalue weighted by Gasteiger charge is -2.10. The molecule has 0 saturated heterocycles. The Kier molecular flexibility index (Phi) is 7.34. The number of carbonyl (C=O) groups is 1. The fraction of sp³-hybridized carbons (Fsp3) is 0.0625. The highest BCUT2D eigenvalue weighted by Gasteiger charge is 2.08. The van der Waals surface area contributed by atoms with E-state index in [4.69, 9.17) is 9.84 Å². The standard InChI is InChI=1S/C21H16N2O2.C11H10O/c24-21(23-20-10-4-7-16-13-22-12-11-19(16)20)25-14-17-8-3-6-15-5-1-2-9-18(15)17;12-8-10-6-3-5-9-4-1-2-7-11(9)10/h1-13H,14H2,(H,23,24);1-7,12H,8H2. The fourth-order valence-electron chi connectivity index (χ4n) is 4.37. The SMILES string of the molecule is O=C(Nc1cccc2cnccc12)OCc1cccc2ccccc12.OCc1cccc2ccccc12. The van der Waals surface area contributed by atoms with Crippen LogP contribution in [-0.2, 0) is 18.0 Å². The van der Waals surface area contributed by atoms with Crippen molar-refractivity contribution in [3.63, 3.8) is 0 Å². The average Bonchev–Trinajstić information content (AvgIpc) is 2.96. The third kappa shape index (κ3) is 5.58. The minimum Gasteiger partial charge on any atom is -0.444 e. The van der Waals surface area contributed by atoms with Gasteiger partial charge in [0.15, 0.2) is 0 Å². The smallest absolute Gasteiger partial charge is 0.411 e. The lowest BCUT2D eigenvalue weighted by molar-refractivity contribution is 0.155. The number of rotatable bonds is 4. The molecular weight excluding hydrogens is 460 g/mol. The van der Waals surface area contributed by atoms with Crippen molar-refractivity contribution >= 4 is 44.1 Å². The van der Waals surface area contributed by atoms with Crippen LogP contribution in [0.3, 0.4) is 0 Å². The molecule has 182 valence electrons. The van der Waals surface area contributed by atoms with E-state index >= 15 is 0 Å². The van der Waals surface area contributed by atoms with E-state index in [1.54, 1.807) is 12.4 Å². The molecule has 0 aliphatic carbocycles. The summed E-state index contributed by atoms with van der Waals surface area (Å²) in [4.78, 5) is 16.3. The first-order valence-electron chi connectivity index (χ1n) is 12.0. The Hall–Kier alpha value is -4.74. The topological polar surface area (TPSA) is 71.5 Å². The number of ether oxygens (including phenoxy) is 1. The van der Waals surface area contributed by atoms with E-state index in [9.17, 15) is 4.79 Å². The van der Waals surface area contributed by atoms with Crippen LogP contribution in [0.2, 0.25) is 0 Å². The van der Waals surface area contributed by atoms with E-state index in [-0.39, 0.29) is 13.2 Å². The second-order valence-corrected chi connectivity index (χ2v) is 8.54. The zero-order chi connectivity index (χ0) is 25.5. The van der Waals surface area contributed by atoms with Gasteiger partial charge >= 0.3 is 6.09 Å². The molecule has 0 aliphatic rings. The summed E-state index contributed by atoms with van der Waals surface area (Å²) in [6, 6.07) is 35.6. The number of carbonyl (C=O) groups excluding carboxylic acids is 1. The molecule has 6 rings (SSSR count). The minimum atomic E-state index is -0.475. The van der Waals surface area contributed by atoms with Crippen LogP contribution >= 0.6 is 0 Å². The molecule has 0 bridgehead atoms. The van der Waals surface area contributed by atoms with E-state index in [0.717, 1.165) is 38.1 Å². The molecule has 1 amide bonds. The van der Waals surface area contributed by atoms with Gasteiger partial charge in [-0.3, -0.25) is 10.3 Å². The summed E-state index contributed by atoms with van der Waals surface area (Å²) in [6.07, 6.45) is 2.99. The molecule has 1 heterocycles. The monoisotopic (exact) mass is 486 g/mol. The predicted octanol–water partition coefficient (Wildman–Crippen LogP) is 7.47. The number of anilines is 1. The lowest BCUT2D eigenvalue weighted by atomic mass is 10.1. The first-order chi connectivity index (χ1) is 18.2. The lowest BCUT2D eigenvalue weighted by Crippen LogP contribution is -2.13. The van der Waals surface area contributed by atoms with Gasteiger partial charge in [-0.2, -0.15) is 0 Å². The van der Waals surface area contributed by atoms with Gasteiger partial charge in [-0.1, -0.05) is 97.1 Å². The third-order valence-electron chi connectivity index (χ3n) is 6.21. The van der Waals surface area contributed by atoms with Crippen molar-refractivity contribution in [3.05, 3.63) is 133 Å². The maximum absolute atomic E-state index is 12.2. The number of nitrogens with one attached hydrogen (secondary N) is 1. The number of benzene rings is 5. The van der Waals surface area contributed by atoms with Gasteiger partial charge < -0.3 is 9.84 Å². The summed E-state index contributed by atoms with van der Waals surface area (Å²) < 4.78 is 5.42. The summed E-state index contributed by atoms with van der Waals surface area (Å²) in [5.41, 5.74) is 2.69. The Morgan fingerprint density at radius 2 is 1.27 bits per heavy atom. The normalized spacial score (nSPS) is 10.6. The number of pyridine rings is 1.